The fourth-order valence-electron chi connectivity index (χ4n) is 1.94. The van der Waals surface area contributed by atoms with Gasteiger partial charge in [-0.1, -0.05) is 6.07 Å². The Labute approximate surface area is 110 Å². The fraction of sp³-hybridized carbons (Fsp3) is 0.0714. The second kappa shape index (κ2) is 5.30. The lowest BCUT2D eigenvalue weighted by Crippen LogP contribution is -2.20. The van der Waals surface area contributed by atoms with Crippen LogP contribution in [0.3, 0.4) is 0 Å². The van der Waals surface area contributed by atoms with E-state index in [0.717, 1.165) is 5.56 Å². The zero-order chi connectivity index (χ0) is 13.8. The highest BCUT2D eigenvalue weighted by Gasteiger charge is 2.15. The van der Waals surface area contributed by atoms with E-state index >= 15 is 0 Å². The Kier molecular flexibility index (Phi) is 3.56. The molecule has 0 aliphatic carbocycles. The minimum Gasteiger partial charge on any atom is -0.366 e. The van der Waals surface area contributed by atoms with E-state index in [2.05, 4.69) is 4.98 Å². The maximum Gasteiger partial charge on any atom is 0.249 e. The molecule has 96 valence electrons. The van der Waals surface area contributed by atoms with Gasteiger partial charge in [0.15, 0.2) is 0 Å². The van der Waals surface area contributed by atoms with E-state index in [0.29, 0.717) is 23.1 Å². The molecule has 1 heterocycles. The minimum atomic E-state index is -0.577. The van der Waals surface area contributed by atoms with Gasteiger partial charge < -0.3 is 11.5 Å². The number of nitrogens with zero attached hydrogens (tertiary/aromatic N) is 1. The van der Waals surface area contributed by atoms with E-state index in [-0.39, 0.29) is 0 Å². The molecule has 0 saturated carbocycles. The van der Waals surface area contributed by atoms with E-state index in [1.165, 1.54) is 0 Å². The van der Waals surface area contributed by atoms with Crippen LogP contribution in [0, 0.1) is 0 Å². The molecular weight excluding hydrogens is 242 g/mol. The molecule has 2 rings (SSSR count). The summed E-state index contributed by atoms with van der Waals surface area (Å²) in [6, 6.07) is 8.39. The topological polar surface area (TPSA) is 99.1 Å². The maximum atomic E-state index is 11.4. The molecule has 0 spiro atoms. The van der Waals surface area contributed by atoms with Crippen LogP contribution >= 0.6 is 0 Å². The van der Waals surface area contributed by atoms with Crippen LogP contribution in [0.25, 0.3) is 0 Å². The molecule has 19 heavy (non-hydrogen) atoms. The molecule has 5 nitrogen and oxygen atoms in total. The van der Waals surface area contributed by atoms with Gasteiger partial charge in [-0.15, -0.1) is 0 Å². The van der Waals surface area contributed by atoms with Crippen LogP contribution in [0.5, 0.6) is 0 Å². The Hall–Kier alpha value is -2.69. The second-order valence-electron chi connectivity index (χ2n) is 4.09. The molecule has 5 heteroatoms. The molecule has 4 N–H and O–H groups in total. The molecule has 0 fully saturated rings. The molecule has 0 aliphatic heterocycles. The predicted molar refractivity (Wildman–Crippen MR) is 70.5 cm³/mol. The zero-order valence-corrected chi connectivity index (χ0v) is 10.2. The molecule has 1 aromatic heterocycles. The Bertz CT molecular complexity index is 592. The summed E-state index contributed by atoms with van der Waals surface area (Å²) in [6.45, 7) is 0. The number of rotatable bonds is 4. The third kappa shape index (κ3) is 2.77. The summed E-state index contributed by atoms with van der Waals surface area (Å²) in [5, 5.41) is 0. The van der Waals surface area contributed by atoms with Gasteiger partial charge in [-0.2, -0.15) is 0 Å². The third-order valence-corrected chi connectivity index (χ3v) is 2.84. The van der Waals surface area contributed by atoms with Crippen molar-refractivity contribution in [3.63, 3.8) is 0 Å². The summed E-state index contributed by atoms with van der Waals surface area (Å²) >= 11 is 0. The van der Waals surface area contributed by atoms with Gasteiger partial charge in [0.25, 0.3) is 0 Å². The zero-order valence-electron chi connectivity index (χ0n) is 10.2. The quantitative estimate of drug-likeness (QED) is 0.847. The number of aromatic nitrogens is 1. The van der Waals surface area contributed by atoms with Crippen LogP contribution in [0.15, 0.2) is 42.7 Å². The minimum absolute atomic E-state index is 0.313. The summed E-state index contributed by atoms with van der Waals surface area (Å²) in [4.78, 5) is 26.8. The highest BCUT2D eigenvalue weighted by atomic mass is 16.1. The summed E-state index contributed by atoms with van der Waals surface area (Å²) in [7, 11) is 0. The monoisotopic (exact) mass is 255 g/mol. The number of hydrogen-bond donors (Lipinski definition) is 2. The molecule has 0 atom stereocenters. The van der Waals surface area contributed by atoms with Crippen molar-refractivity contribution in [1.29, 1.82) is 0 Å². The van der Waals surface area contributed by atoms with Crippen molar-refractivity contribution in [2.24, 2.45) is 11.5 Å². The molecule has 2 amide bonds. The standard InChI is InChI=1S/C14H13N3O2/c15-13(18)10-2-1-3-11(14(16)19)12(10)8-9-4-6-17-7-5-9/h1-7H,8H2,(H2,15,18)(H2,16,19). The van der Waals surface area contributed by atoms with Gasteiger partial charge >= 0.3 is 0 Å². The Morgan fingerprint density at radius 3 is 1.95 bits per heavy atom. The van der Waals surface area contributed by atoms with Gasteiger partial charge in [-0.25, -0.2) is 0 Å². The second-order valence-corrected chi connectivity index (χ2v) is 4.09. The molecule has 0 unspecified atom stereocenters. The lowest BCUT2D eigenvalue weighted by atomic mass is 9.94. The molecule has 0 radical (unpaired) electrons. The summed E-state index contributed by atoms with van der Waals surface area (Å²) in [5.41, 5.74) is 12.8. The van der Waals surface area contributed by atoms with Crippen LogP contribution in [0.4, 0.5) is 0 Å². The number of primary amides is 2. The van der Waals surface area contributed by atoms with Gasteiger partial charge in [0, 0.05) is 23.5 Å². The lowest BCUT2D eigenvalue weighted by Gasteiger charge is -2.11. The SMILES string of the molecule is NC(=O)c1cccc(C(N)=O)c1Cc1ccncc1. The van der Waals surface area contributed by atoms with Crippen LogP contribution in [-0.4, -0.2) is 16.8 Å². The Morgan fingerprint density at radius 1 is 0.947 bits per heavy atom. The highest BCUT2D eigenvalue weighted by molar-refractivity contribution is 6.01. The van der Waals surface area contributed by atoms with Crippen molar-refractivity contribution < 1.29 is 9.59 Å². The number of carbonyl (C=O) groups excluding carboxylic acids is 2. The first-order chi connectivity index (χ1) is 9.09. The van der Waals surface area contributed by atoms with E-state index < -0.39 is 11.8 Å². The average molecular weight is 255 g/mol. The highest BCUT2D eigenvalue weighted by Crippen LogP contribution is 2.18. The van der Waals surface area contributed by atoms with Crippen molar-refractivity contribution >= 4 is 11.8 Å². The Balaban J connectivity index is 2.52. The predicted octanol–water partition coefficient (Wildman–Crippen LogP) is 0.870. The molecule has 1 aromatic carbocycles. The smallest absolute Gasteiger partial charge is 0.249 e. The van der Waals surface area contributed by atoms with Crippen molar-refractivity contribution in [1.82, 2.24) is 4.98 Å². The maximum absolute atomic E-state index is 11.4. The first-order valence-corrected chi connectivity index (χ1v) is 5.70. The van der Waals surface area contributed by atoms with E-state index in [4.69, 9.17) is 11.5 Å². The van der Waals surface area contributed by atoms with Crippen LogP contribution in [0.2, 0.25) is 0 Å². The number of nitrogens with two attached hydrogens (primary N) is 2. The number of benzene rings is 1. The molecule has 0 aliphatic rings. The van der Waals surface area contributed by atoms with Crippen LogP contribution in [0.1, 0.15) is 31.8 Å². The number of hydrogen-bond acceptors (Lipinski definition) is 3. The van der Waals surface area contributed by atoms with E-state index in [9.17, 15) is 9.59 Å². The van der Waals surface area contributed by atoms with Crippen LogP contribution < -0.4 is 11.5 Å². The van der Waals surface area contributed by atoms with Gasteiger partial charge in [0.1, 0.15) is 0 Å². The van der Waals surface area contributed by atoms with Gasteiger partial charge in [0.05, 0.1) is 0 Å². The van der Waals surface area contributed by atoms with Gasteiger partial charge in [-0.05, 0) is 41.8 Å². The van der Waals surface area contributed by atoms with Crippen molar-refractivity contribution in [2.75, 3.05) is 0 Å². The summed E-state index contributed by atoms with van der Waals surface area (Å²) < 4.78 is 0. The number of amides is 2. The van der Waals surface area contributed by atoms with Crippen LogP contribution in [-0.2, 0) is 6.42 Å². The first-order valence-electron chi connectivity index (χ1n) is 5.70. The van der Waals surface area contributed by atoms with Gasteiger partial charge in [0.2, 0.25) is 11.8 Å². The summed E-state index contributed by atoms with van der Waals surface area (Å²) in [5.74, 6) is -1.15. The summed E-state index contributed by atoms with van der Waals surface area (Å²) in [6.07, 6.45) is 3.69. The fourth-order valence-corrected chi connectivity index (χ4v) is 1.94. The third-order valence-electron chi connectivity index (χ3n) is 2.84. The first kappa shape index (κ1) is 12.8. The molecule has 0 saturated heterocycles. The molecule has 2 aromatic rings. The number of carbonyl (C=O) groups is 2. The lowest BCUT2D eigenvalue weighted by molar-refractivity contribution is 0.0999. The van der Waals surface area contributed by atoms with Crippen molar-refractivity contribution in [2.45, 2.75) is 6.42 Å². The van der Waals surface area contributed by atoms with Crippen molar-refractivity contribution in [3.05, 3.63) is 65.0 Å². The van der Waals surface area contributed by atoms with E-state index in [1.807, 2.05) is 12.1 Å². The number of pyridine rings is 1. The van der Waals surface area contributed by atoms with E-state index in [1.54, 1.807) is 30.6 Å². The molecule has 0 bridgehead atoms. The van der Waals surface area contributed by atoms with Crippen molar-refractivity contribution in [3.8, 4) is 0 Å². The largest absolute Gasteiger partial charge is 0.366 e. The average Bonchev–Trinajstić information content (AvgIpc) is 2.39. The Morgan fingerprint density at radius 2 is 1.47 bits per heavy atom. The normalized spacial score (nSPS) is 10.1. The molecular formula is C14H13N3O2. The van der Waals surface area contributed by atoms with Gasteiger partial charge in [-0.3, -0.25) is 14.6 Å².